The Morgan fingerprint density at radius 2 is 1.83 bits per heavy atom. The van der Waals surface area contributed by atoms with Crippen LogP contribution in [0.1, 0.15) is 25.0 Å². The monoisotopic (exact) mass is 452 g/mol. The molecule has 0 atom stereocenters. The number of ether oxygens (including phenoxy) is 2. The number of benzene rings is 2. The molecule has 3 rings (SSSR count). The van der Waals surface area contributed by atoms with Crippen molar-refractivity contribution in [3.8, 4) is 11.5 Å². The highest BCUT2D eigenvalue weighted by Crippen LogP contribution is 2.38. The highest BCUT2D eigenvalue weighted by Gasteiger charge is 2.24. The molecule has 162 valence electrons. The first-order valence-electron chi connectivity index (χ1n) is 9.75. The number of amides is 1. The molecule has 1 amide bonds. The number of hydrogen-bond donors (Lipinski definition) is 1. The fraction of sp³-hybridized carbons (Fsp3) is 0.381. The number of carbonyl (C=O) groups is 1. The quantitative estimate of drug-likeness (QED) is 0.693. The van der Waals surface area contributed by atoms with Gasteiger partial charge in [0.25, 0.3) is 0 Å². The maximum atomic E-state index is 12.9. The number of rotatable bonds is 7. The van der Waals surface area contributed by atoms with E-state index in [-0.39, 0.29) is 17.2 Å². The molecular formula is C21H25ClN2O5S. The molecule has 2 aromatic rings. The Morgan fingerprint density at radius 1 is 1.13 bits per heavy atom. The van der Waals surface area contributed by atoms with E-state index >= 15 is 0 Å². The van der Waals surface area contributed by atoms with E-state index in [0.29, 0.717) is 59.6 Å². The lowest BCUT2D eigenvalue weighted by Gasteiger charge is -2.21. The van der Waals surface area contributed by atoms with Gasteiger partial charge >= 0.3 is 0 Å². The van der Waals surface area contributed by atoms with Gasteiger partial charge < -0.3 is 14.8 Å². The van der Waals surface area contributed by atoms with Crippen LogP contribution >= 0.6 is 11.6 Å². The van der Waals surface area contributed by atoms with E-state index in [4.69, 9.17) is 21.1 Å². The van der Waals surface area contributed by atoms with Crippen LogP contribution in [0.25, 0.3) is 0 Å². The summed E-state index contributed by atoms with van der Waals surface area (Å²) in [7, 11) is -3.63. The van der Waals surface area contributed by atoms with Crippen molar-refractivity contribution in [3.63, 3.8) is 0 Å². The molecule has 0 bridgehead atoms. The molecule has 0 aromatic heterocycles. The molecule has 0 saturated heterocycles. The predicted molar refractivity (Wildman–Crippen MR) is 116 cm³/mol. The maximum absolute atomic E-state index is 12.9. The zero-order valence-electron chi connectivity index (χ0n) is 17.2. The van der Waals surface area contributed by atoms with Crippen LogP contribution in [0, 0.1) is 6.92 Å². The summed E-state index contributed by atoms with van der Waals surface area (Å²) < 4.78 is 38.2. The lowest BCUT2D eigenvalue weighted by Crippen LogP contribution is -2.31. The first kappa shape index (κ1) is 22.4. The number of fused-ring (bicyclic) bond motifs is 1. The maximum Gasteiger partial charge on any atom is 0.243 e. The van der Waals surface area contributed by atoms with Crippen LogP contribution in [0.3, 0.4) is 0 Å². The lowest BCUT2D eigenvalue weighted by atomic mass is 10.1. The Balaban J connectivity index is 1.79. The first-order valence-corrected chi connectivity index (χ1v) is 11.6. The Morgan fingerprint density at radius 3 is 2.53 bits per heavy atom. The summed E-state index contributed by atoms with van der Waals surface area (Å²) in [5.41, 5.74) is 1.71. The largest absolute Gasteiger partial charge is 0.486 e. The van der Waals surface area contributed by atoms with Gasteiger partial charge in [-0.05, 0) is 42.3 Å². The lowest BCUT2D eigenvalue weighted by molar-refractivity contribution is -0.115. The molecule has 1 N–H and O–H groups in total. The van der Waals surface area contributed by atoms with Crippen molar-refractivity contribution < 1.29 is 22.7 Å². The third-order valence-corrected chi connectivity index (χ3v) is 7.29. The SMILES string of the molecule is CCN(CC)S(=O)(=O)c1cc(NC(=O)Cc2cc(Cl)c3c(c2)OCCO3)ccc1C. The number of aryl methyl sites for hydroxylation is 1. The van der Waals surface area contributed by atoms with E-state index in [1.807, 2.05) is 0 Å². The van der Waals surface area contributed by atoms with Crippen LogP contribution in [-0.2, 0) is 21.2 Å². The predicted octanol–water partition coefficient (Wildman–Crippen LogP) is 3.63. The average Bonchev–Trinajstić information content (AvgIpc) is 2.70. The van der Waals surface area contributed by atoms with E-state index in [1.54, 1.807) is 45.0 Å². The number of hydrogen-bond acceptors (Lipinski definition) is 5. The standard InChI is InChI=1S/C21H25ClN2O5S/c1-4-24(5-2)30(26,27)19-13-16(7-6-14(19)3)23-20(25)12-15-10-17(22)21-18(11-15)28-8-9-29-21/h6-7,10-11,13H,4-5,8-9,12H2,1-3H3,(H,23,25). The summed E-state index contributed by atoms with van der Waals surface area (Å²) in [4.78, 5) is 12.8. The number of halogens is 1. The second-order valence-corrected chi connectivity index (χ2v) is 9.21. The second-order valence-electron chi connectivity index (χ2n) is 6.90. The number of nitrogens with zero attached hydrogens (tertiary/aromatic N) is 1. The summed E-state index contributed by atoms with van der Waals surface area (Å²) in [5, 5.41) is 3.15. The van der Waals surface area contributed by atoms with Crippen LogP contribution in [0.5, 0.6) is 11.5 Å². The molecule has 0 unspecified atom stereocenters. The highest BCUT2D eigenvalue weighted by molar-refractivity contribution is 7.89. The second kappa shape index (κ2) is 9.24. The number of anilines is 1. The minimum absolute atomic E-state index is 0.0579. The smallest absolute Gasteiger partial charge is 0.243 e. The normalized spacial score (nSPS) is 13.4. The Bertz CT molecular complexity index is 1050. The summed E-state index contributed by atoms with van der Waals surface area (Å²) in [6.45, 7) is 6.92. The molecular weight excluding hydrogens is 428 g/mol. The minimum Gasteiger partial charge on any atom is -0.486 e. The number of nitrogens with one attached hydrogen (secondary N) is 1. The van der Waals surface area contributed by atoms with Crippen molar-refractivity contribution in [3.05, 3.63) is 46.5 Å². The molecule has 0 saturated carbocycles. The zero-order valence-corrected chi connectivity index (χ0v) is 18.8. The van der Waals surface area contributed by atoms with Gasteiger partial charge in [-0.25, -0.2) is 8.42 Å². The molecule has 0 radical (unpaired) electrons. The van der Waals surface area contributed by atoms with Crippen molar-refractivity contribution in [2.24, 2.45) is 0 Å². The van der Waals surface area contributed by atoms with Crippen LogP contribution in [-0.4, -0.2) is 44.9 Å². The topological polar surface area (TPSA) is 84.9 Å². The van der Waals surface area contributed by atoms with Crippen LogP contribution in [0.4, 0.5) is 5.69 Å². The van der Waals surface area contributed by atoms with Gasteiger partial charge in [-0.15, -0.1) is 0 Å². The number of sulfonamides is 1. The van der Waals surface area contributed by atoms with Gasteiger partial charge in [0.15, 0.2) is 11.5 Å². The highest BCUT2D eigenvalue weighted by atomic mass is 35.5. The fourth-order valence-corrected chi connectivity index (χ4v) is 5.31. The van der Waals surface area contributed by atoms with Gasteiger partial charge in [-0.1, -0.05) is 31.5 Å². The fourth-order valence-electron chi connectivity index (χ4n) is 3.32. The van der Waals surface area contributed by atoms with E-state index in [1.165, 1.54) is 10.4 Å². The van der Waals surface area contributed by atoms with E-state index in [0.717, 1.165) is 0 Å². The third kappa shape index (κ3) is 4.71. The van der Waals surface area contributed by atoms with Gasteiger partial charge in [-0.2, -0.15) is 4.31 Å². The summed E-state index contributed by atoms with van der Waals surface area (Å²) in [6.07, 6.45) is 0.0579. The summed E-state index contributed by atoms with van der Waals surface area (Å²) in [5.74, 6) is 0.703. The molecule has 1 aliphatic heterocycles. The first-order chi connectivity index (χ1) is 14.3. The van der Waals surface area contributed by atoms with Crippen molar-refractivity contribution in [1.29, 1.82) is 0 Å². The molecule has 7 nitrogen and oxygen atoms in total. The van der Waals surface area contributed by atoms with Crippen LogP contribution < -0.4 is 14.8 Å². The molecule has 2 aromatic carbocycles. The Kier molecular flexibility index (Phi) is 6.90. The average molecular weight is 453 g/mol. The van der Waals surface area contributed by atoms with Crippen molar-refractivity contribution in [1.82, 2.24) is 4.31 Å². The van der Waals surface area contributed by atoms with Gasteiger partial charge in [-0.3, -0.25) is 4.79 Å². The van der Waals surface area contributed by atoms with Gasteiger partial charge in [0.2, 0.25) is 15.9 Å². The summed E-state index contributed by atoms with van der Waals surface area (Å²) >= 11 is 6.23. The van der Waals surface area contributed by atoms with Crippen LogP contribution in [0.2, 0.25) is 5.02 Å². The van der Waals surface area contributed by atoms with Gasteiger partial charge in [0.1, 0.15) is 13.2 Å². The van der Waals surface area contributed by atoms with Crippen LogP contribution in [0.15, 0.2) is 35.2 Å². The minimum atomic E-state index is -3.63. The Hall–Kier alpha value is -2.29. The molecule has 30 heavy (non-hydrogen) atoms. The molecule has 1 heterocycles. The summed E-state index contributed by atoms with van der Waals surface area (Å²) in [6, 6.07) is 8.27. The number of carbonyl (C=O) groups excluding carboxylic acids is 1. The Labute approximate surface area is 182 Å². The van der Waals surface area contributed by atoms with E-state index < -0.39 is 10.0 Å². The molecule has 0 fully saturated rings. The molecule has 1 aliphatic rings. The van der Waals surface area contributed by atoms with Crippen molar-refractivity contribution >= 4 is 33.2 Å². The van der Waals surface area contributed by atoms with Gasteiger partial charge in [0, 0.05) is 18.8 Å². The van der Waals surface area contributed by atoms with Crippen molar-refractivity contribution in [2.75, 3.05) is 31.6 Å². The zero-order chi connectivity index (χ0) is 21.9. The third-order valence-electron chi connectivity index (χ3n) is 4.82. The van der Waals surface area contributed by atoms with E-state index in [2.05, 4.69) is 5.32 Å². The molecule has 0 aliphatic carbocycles. The molecule has 9 heteroatoms. The van der Waals surface area contributed by atoms with E-state index in [9.17, 15) is 13.2 Å². The van der Waals surface area contributed by atoms with Crippen molar-refractivity contribution in [2.45, 2.75) is 32.1 Å². The van der Waals surface area contributed by atoms with Gasteiger partial charge in [0.05, 0.1) is 16.3 Å². The molecule has 0 spiro atoms.